The minimum Gasteiger partial charge on any atom is -0.488 e. The van der Waals surface area contributed by atoms with Gasteiger partial charge >= 0.3 is 6.09 Å². The van der Waals surface area contributed by atoms with Gasteiger partial charge in [-0.25, -0.2) is 13.6 Å². The van der Waals surface area contributed by atoms with Gasteiger partial charge < -0.3 is 15.2 Å². The summed E-state index contributed by atoms with van der Waals surface area (Å²) >= 11 is 6.21. The number of benzene rings is 2. The Morgan fingerprint density at radius 3 is 2.64 bits per heavy atom. The number of piperidine rings is 1. The molecule has 1 aromatic heterocycles. The normalized spacial score (nSPS) is 13.8. The van der Waals surface area contributed by atoms with Gasteiger partial charge in [-0.15, -0.1) is 12.4 Å². The van der Waals surface area contributed by atoms with E-state index >= 15 is 0 Å². The van der Waals surface area contributed by atoms with E-state index in [1.165, 1.54) is 17.0 Å². The molecular weight excluding hydrogens is 513 g/mol. The molecule has 1 aliphatic rings. The van der Waals surface area contributed by atoms with E-state index < -0.39 is 17.7 Å². The quantitative estimate of drug-likeness (QED) is 0.385. The highest BCUT2D eigenvalue weighted by atomic mass is 35.5. The predicted molar refractivity (Wildman–Crippen MR) is 136 cm³/mol. The number of aromatic nitrogens is 2. The lowest BCUT2D eigenvalue weighted by atomic mass is 9.98. The van der Waals surface area contributed by atoms with Crippen LogP contribution in [-0.2, 0) is 13.2 Å². The highest BCUT2D eigenvalue weighted by molar-refractivity contribution is 6.30. The van der Waals surface area contributed by atoms with Crippen molar-refractivity contribution in [3.8, 4) is 5.75 Å². The number of nitrogens with zero attached hydrogens (tertiary/aromatic N) is 3. The number of amides is 1. The van der Waals surface area contributed by atoms with E-state index in [-0.39, 0.29) is 37.0 Å². The third-order valence-corrected chi connectivity index (χ3v) is 6.35. The number of aryl methyl sites for hydroxylation is 1. The Morgan fingerprint density at radius 1 is 1.19 bits per heavy atom. The second kappa shape index (κ2) is 12.4. The fourth-order valence-corrected chi connectivity index (χ4v) is 4.34. The lowest BCUT2D eigenvalue weighted by Gasteiger charge is -2.27. The van der Waals surface area contributed by atoms with Gasteiger partial charge in [-0.2, -0.15) is 5.10 Å². The van der Waals surface area contributed by atoms with Gasteiger partial charge in [-0.1, -0.05) is 11.6 Å². The van der Waals surface area contributed by atoms with Crippen LogP contribution in [0.5, 0.6) is 5.75 Å². The average Bonchev–Trinajstić information content (AvgIpc) is 3.18. The zero-order valence-electron chi connectivity index (χ0n) is 19.7. The average molecular weight is 541 g/mol. The highest BCUT2D eigenvalue weighted by Gasteiger charge is 2.24. The first-order valence-corrected chi connectivity index (χ1v) is 11.8. The number of carbonyl (C=O) groups is 1. The van der Waals surface area contributed by atoms with Crippen molar-refractivity contribution in [2.45, 2.75) is 32.9 Å². The molecule has 0 bridgehead atoms. The van der Waals surface area contributed by atoms with Crippen molar-refractivity contribution in [2.24, 2.45) is 5.92 Å². The molecule has 0 spiro atoms. The summed E-state index contributed by atoms with van der Waals surface area (Å²) in [6.07, 6.45) is 0.796. The van der Waals surface area contributed by atoms with Crippen molar-refractivity contribution in [1.29, 1.82) is 0 Å². The summed E-state index contributed by atoms with van der Waals surface area (Å²) < 4.78 is 34.7. The van der Waals surface area contributed by atoms with Crippen molar-refractivity contribution in [3.05, 3.63) is 75.9 Å². The van der Waals surface area contributed by atoms with Gasteiger partial charge in [-0.05, 0) is 69.1 Å². The molecule has 0 radical (unpaired) electrons. The maximum Gasteiger partial charge on any atom is 0.413 e. The maximum atomic E-state index is 14.0. The van der Waals surface area contributed by atoms with Crippen LogP contribution < -0.4 is 15.0 Å². The third kappa shape index (κ3) is 6.87. The summed E-state index contributed by atoms with van der Waals surface area (Å²) in [6, 6.07) is 10.1. The fraction of sp³-hybridized carbons (Fsp3) is 0.360. The monoisotopic (exact) mass is 540 g/mol. The Bertz CT molecular complexity index is 1200. The predicted octanol–water partition coefficient (Wildman–Crippen LogP) is 5.66. The summed E-state index contributed by atoms with van der Waals surface area (Å²) in [4.78, 5) is 13.3. The number of anilines is 1. The van der Waals surface area contributed by atoms with E-state index in [0.29, 0.717) is 28.7 Å². The SMILES string of the molecule is Cc1cc(N(CC2CCNCC2)C(=O)O)nn1Cc1cc(Cl)ccc1OCc1ccc(F)cc1F.Cl. The molecule has 0 aliphatic carbocycles. The lowest BCUT2D eigenvalue weighted by molar-refractivity contribution is 0.199. The Morgan fingerprint density at radius 2 is 1.94 bits per heavy atom. The van der Waals surface area contributed by atoms with Crippen LogP contribution in [0.2, 0.25) is 5.02 Å². The fourth-order valence-electron chi connectivity index (χ4n) is 4.14. The number of rotatable bonds is 8. The number of ether oxygens (including phenoxy) is 1. The topological polar surface area (TPSA) is 79.6 Å². The number of hydrogen-bond donors (Lipinski definition) is 2. The van der Waals surface area contributed by atoms with E-state index in [0.717, 1.165) is 37.7 Å². The molecule has 0 saturated carbocycles. The highest BCUT2D eigenvalue weighted by Crippen LogP contribution is 2.27. The van der Waals surface area contributed by atoms with Crippen LogP contribution in [0.4, 0.5) is 19.4 Å². The van der Waals surface area contributed by atoms with Gasteiger partial charge in [0.25, 0.3) is 0 Å². The first-order chi connectivity index (χ1) is 16.8. The molecule has 1 amide bonds. The van der Waals surface area contributed by atoms with Crippen molar-refractivity contribution < 1.29 is 23.4 Å². The van der Waals surface area contributed by atoms with Crippen LogP contribution in [0.1, 0.15) is 29.7 Å². The molecule has 4 rings (SSSR count). The number of carboxylic acid groups (broad SMARTS) is 1. The van der Waals surface area contributed by atoms with Crippen LogP contribution in [0, 0.1) is 24.5 Å². The lowest BCUT2D eigenvalue weighted by Crippen LogP contribution is -2.39. The summed E-state index contributed by atoms with van der Waals surface area (Å²) in [5.74, 6) is -0.224. The first kappa shape index (κ1) is 27.7. The number of hydrogen-bond acceptors (Lipinski definition) is 4. The van der Waals surface area contributed by atoms with Gasteiger partial charge in [-0.3, -0.25) is 9.58 Å². The summed E-state index contributed by atoms with van der Waals surface area (Å²) in [5, 5.41) is 18.1. The Labute approximate surface area is 219 Å². The molecular formula is C25H28Cl2F2N4O3. The Balaban J connectivity index is 0.00000361. The van der Waals surface area contributed by atoms with E-state index in [1.807, 2.05) is 6.92 Å². The summed E-state index contributed by atoms with van der Waals surface area (Å²) in [7, 11) is 0. The molecule has 11 heteroatoms. The minimum absolute atomic E-state index is 0. The molecule has 3 aromatic rings. The van der Waals surface area contributed by atoms with Crippen molar-refractivity contribution in [3.63, 3.8) is 0 Å². The zero-order chi connectivity index (χ0) is 24.9. The van der Waals surface area contributed by atoms with Crippen molar-refractivity contribution >= 4 is 35.9 Å². The molecule has 1 saturated heterocycles. The van der Waals surface area contributed by atoms with E-state index in [2.05, 4.69) is 10.4 Å². The largest absolute Gasteiger partial charge is 0.488 e. The van der Waals surface area contributed by atoms with Crippen molar-refractivity contribution in [1.82, 2.24) is 15.1 Å². The first-order valence-electron chi connectivity index (χ1n) is 11.4. The standard InChI is InChI=1S/C25H27ClF2N4O3.ClH/c1-16-10-24(31(25(33)34)13-17-6-8-29-9-7-17)30-32(16)14-19-11-20(26)3-5-23(19)35-15-18-2-4-21(27)12-22(18)28;/h2-5,10-12,17,29H,6-9,13-15H2,1H3,(H,33,34);1H. The summed E-state index contributed by atoms with van der Waals surface area (Å²) in [6.45, 7) is 4.18. The van der Waals surface area contributed by atoms with E-state index in [1.54, 1.807) is 28.9 Å². The molecule has 1 fully saturated rings. The molecule has 2 heterocycles. The number of halogens is 4. The Kier molecular flexibility index (Phi) is 9.53. The zero-order valence-corrected chi connectivity index (χ0v) is 21.3. The minimum atomic E-state index is -1.04. The second-order valence-corrected chi connectivity index (χ2v) is 9.10. The molecule has 7 nitrogen and oxygen atoms in total. The van der Waals surface area contributed by atoms with Crippen LogP contribution in [0.15, 0.2) is 42.5 Å². The van der Waals surface area contributed by atoms with Gasteiger partial charge in [0, 0.05) is 40.5 Å². The molecule has 0 atom stereocenters. The Hall–Kier alpha value is -2.88. The molecule has 194 valence electrons. The van der Waals surface area contributed by atoms with Gasteiger partial charge in [0.05, 0.1) is 6.54 Å². The molecule has 0 unspecified atom stereocenters. The molecule has 1 aliphatic heterocycles. The van der Waals surface area contributed by atoms with E-state index in [9.17, 15) is 18.7 Å². The number of nitrogens with one attached hydrogen (secondary N) is 1. The van der Waals surface area contributed by atoms with Gasteiger partial charge in [0.1, 0.15) is 24.0 Å². The van der Waals surface area contributed by atoms with Crippen LogP contribution in [0.3, 0.4) is 0 Å². The van der Waals surface area contributed by atoms with Crippen LogP contribution in [-0.4, -0.2) is 40.6 Å². The molecule has 2 aromatic carbocycles. The third-order valence-electron chi connectivity index (χ3n) is 6.12. The van der Waals surface area contributed by atoms with Crippen molar-refractivity contribution in [2.75, 3.05) is 24.5 Å². The maximum absolute atomic E-state index is 14.0. The summed E-state index contributed by atoms with van der Waals surface area (Å²) in [5.41, 5.74) is 1.69. The van der Waals surface area contributed by atoms with E-state index in [4.69, 9.17) is 16.3 Å². The van der Waals surface area contributed by atoms with Gasteiger partial charge in [0.15, 0.2) is 5.82 Å². The van der Waals surface area contributed by atoms with Gasteiger partial charge in [0.2, 0.25) is 0 Å². The van der Waals surface area contributed by atoms with Crippen LogP contribution >= 0.6 is 24.0 Å². The molecule has 36 heavy (non-hydrogen) atoms. The second-order valence-electron chi connectivity index (χ2n) is 8.66. The van der Waals surface area contributed by atoms with Crippen LogP contribution in [0.25, 0.3) is 0 Å². The molecule has 2 N–H and O–H groups in total. The smallest absolute Gasteiger partial charge is 0.413 e.